The van der Waals surface area contributed by atoms with Gasteiger partial charge in [-0.05, 0) is 30.7 Å². The molecule has 2 N–H and O–H groups in total. The molecule has 0 bridgehead atoms. The number of pyridine rings is 1. The average molecular weight is 234 g/mol. The van der Waals surface area contributed by atoms with Gasteiger partial charge in [0.15, 0.2) is 0 Å². The summed E-state index contributed by atoms with van der Waals surface area (Å²) in [5, 5.41) is 12.2. The zero-order valence-electron chi connectivity index (χ0n) is 10.1. The summed E-state index contributed by atoms with van der Waals surface area (Å²) in [6.45, 7) is 2.89. The Morgan fingerprint density at radius 2 is 2.29 bits per heavy atom. The lowest BCUT2D eigenvalue weighted by atomic mass is 9.67. The Hall–Kier alpha value is -1.58. The summed E-state index contributed by atoms with van der Waals surface area (Å²) in [5.41, 5.74) is 0.718. The van der Waals surface area contributed by atoms with Crippen molar-refractivity contribution < 1.29 is 9.90 Å². The molecule has 4 nitrogen and oxygen atoms in total. The molecule has 1 saturated carbocycles. The second-order valence-electron chi connectivity index (χ2n) is 4.82. The molecule has 0 saturated heterocycles. The van der Waals surface area contributed by atoms with Gasteiger partial charge in [-0.25, -0.2) is 0 Å². The lowest BCUT2D eigenvalue weighted by Crippen LogP contribution is -2.41. The van der Waals surface area contributed by atoms with E-state index in [9.17, 15) is 9.90 Å². The number of nitrogens with one attached hydrogen (secondary N) is 1. The van der Waals surface area contributed by atoms with Crippen molar-refractivity contribution in [3.05, 3.63) is 24.0 Å². The molecule has 92 valence electrons. The smallest absolute Gasteiger partial charge is 0.253 e. The minimum absolute atomic E-state index is 0.0199. The van der Waals surface area contributed by atoms with Crippen molar-refractivity contribution in [1.82, 2.24) is 10.3 Å². The number of aromatic hydroxyl groups is 1. The summed E-state index contributed by atoms with van der Waals surface area (Å²) >= 11 is 0. The Labute approximate surface area is 101 Å². The number of aromatic nitrogens is 1. The van der Waals surface area contributed by atoms with Crippen LogP contribution in [0.2, 0.25) is 0 Å². The van der Waals surface area contributed by atoms with E-state index in [2.05, 4.69) is 17.2 Å². The second kappa shape index (κ2) is 4.73. The first kappa shape index (κ1) is 11.9. The predicted octanol–water partition coefficient (Wildman–Crippen LogP) is 2.10. The number of hydrogen-bond donors (Lipinski definition) is 2. The molecule has 1 amide bonds. The van der Waals surface area contributed by atoms with E-state index in [1.54, 1.807) is 0 Å². The molecule has 1 fully saturated rings. The maximum Gasteiger partial charge on any atom is 0.253 e. The third-order valence-corrected chi connectivity index (χ3v) is 3.77. The number of rotatable bonds is 4. The number of hydrogen-bond acceptors (Lipinski definition) is 3. The van der Waals surface area contributed by atoms with Crippen LogP contribution in [0.4, 0.5) is 0 Å². The van der Waals surface area contributed by atoms with Crippen LogP contribution in [0.3, 0.4) is 0 Å². The highest BCUT2D eigenvalue weighted by molar-refractivity contribution is 5.94. The van der Waals surface area contributed by atoms with Crippen LogP contribution in [0.5, 0.6) is 5.75 Å². The molecule has 0 unspecified atom stereocenters. The van der Waals surface area contributed by atoms with Crippen molar-refractivity contribution in [1.29, 1.82) is 0 Å². The molecule has 0 aliphatic heterocycles. The van der Waals surface area contributed by atoms with Crippen molar-refractivity contribution >= 4 is 5.91 Å². The van der Waals surface area contributed by atoms with Gasteiger partial charge in [-0.1, -0.05) is 13.3 Å². The molecule has 2 rings (SSSR count). The first-order valence-corrected chi connectivity index (χ1v) is 6.07. The van der Waals surface area contributed by atoms with Gasteiger partial charge in [0.05, 0.1) is 11.8 Å². The Kier molecular flexibility index (Phi) is 3.31. The first-order valence-electron chi connectivity index (χ1n) is 6.07. The normalized spacial score (nSPS) is 17.2. The molecule has 0 aromatic carbocycles. The number of carbonyl (C=O) groups excluding carboxylic acids is 1. The van der Waals surface area contributed by atoms with Crippen LogP contribution < -0.4 is 5.32 Å². The monoisotopic (exact) mass is 234 g/mol. The Bertz CT molecular complexity index is 408. The van der Waals surface area contributed by atoms with Crippen LogP contribution in [0, 0.1) is 5.41 Å². The Morgan fingerprint density at radius 1 is 1.53 bits per heavy atom. The minimum atomic E-state index is -0.159. The lowest BCUT2D eigenvalue weighted by Gasteiger charge is -2.41. The molecular formula is C13H18N2O2. The van der Waals surface area contributed by atoms with Crippen LogP contribution in [0.1, 0.15) is 43.0 Å². The molecule has 17 heavy (non-hydrogen) atoms. The highest BCUT2D eigenvalue weighted by Crippen LogP contribution is 2.43. The van der Waals surface area contributed by atoms with Crippen molar-refractivity contribution in [3.8, 4) is 5.75 Å². The van der Waals surface area contributed by atoms with Crippen molar-refractivity contribution in [2.24, 2.45) is 5.41 Å². The molecule has 1 aliphatic carbocycles. The molecule has 0 spiro atoms. The fourth-order valence-electron chi connectivity index (χ4n) is 2.25. The molecule has 1 heterocycles. The van der Waals surface area contributed by atoms with Gasteiger partial charge in [-0.2, -0.15) is 0 Å². The first-order chi connectivity index (χ1) is 8.15. The molecule has 1 aromatic heterocycles. The van der Waals surface area contributed by atoms with Gasteiger partial charge in [0.1, 0.15) is 5.75 Å². The summed E-state index contributed by atoms with van der Waals surface area (Å²) in [7, 11) is 0. The Morgan fingerprint density at radius 3 is 2.82 bits per heavy atom. The third kappa shape index (κ3) is 2.57. The average Bonchev–Trinajstić information content (AvgIpc) is 2.28. The van der Waals surface area contributed by atoms with E-state index in [0.717, 1.165) is 13.0 Å². The molecule has 0 atom stereocenters. The summed E-state index contributed by atoms with van der Waals surface area (Å²) in [6.07, 6.45) is 7.54. The van der Waals surface area contributed by atoms with E-state index in [1.165, 1.54) is 37.7 Å². The summed E-state index contributed by atoms with van der Waals surface area (Å²) in [5.74, 6) is -0.139. The molecule has 1 aromatic rings. The van der Waals surface area contributed by atoms with Crippen LogP contribution in [0.15, 0.2) is 18.5 Å². The molecule has 0 radical (unpaired) electrons. The second-order valence-corrected chi connectivity index (χ2v) is 4.82. The van der Waals surface area contributed by atoms with Crippen molar-refractivity contribution in [2.75, 3.05) is 6.54 Å². The highest BCUT2D eigenvalue weighted by atomic mass is 16.3. The zero-order chi connectivity index (χ0) is 12.3. The van der Waals surface area contributed by atoms with Crippen LogP contribution >= 0.6 is 0 Å². The predicted molar refractivity (Wildman–Crippen MR) is 64.8 cm³/mol. The largest absolute Gasteiger partial charge is 0.506 e. The summed E-state index contributed by atoms with van der Waals surface area (Å²) in [4.78, 5) is 15.6. The molecule has 4 heteroatoms. The van der Waals surface area contributed by atoms with Gasteiger partial charge in [0.2, 0.25) is 0 Å². The third-order valence-electron chi connectivity index (χ3n) is 3.77. The van der Waals surface area contributed by atoms with Gasteiger partial charge >= 0.3 is 0 Å². The van der Waals surface area contributed by atoms with Gasteiger partial charge in [-0.15, -0.1) is 0 Å². The van der Waals surface area contributed by atoms with Crippen molar-refractivity contribution in [3.63, 3.8) is 0 Å². The van der Waals surface area contributed by atoms with Gasteiger partial charge < -0.3 is 10.4 Å². The maximum atomic E-state index is 11.8. The molecule has 1 aliphatic rings. The fraction of sp³-hybridized carbons (Fsp3) is 0.538. The fourth-order valence-corrected chi connectivity index (χ4v) is 2.25. The lowest BCUT2D eigenvalue weighted by molar-refractivity contribution is 0.0849. The SMILES string of the molecule is CCC1(CNC(=O)c2cncc(O)c2)CCC1. The quantitative estimate of drug-likeness (QED) is 0.838. The highest BCUT2D eigenvalue weighted by Gasteiger charge is 2.35. The topological polar surface area (TPSA) is 62.2 Å². The Balaban J connectivity index is 1.93. The number of amides is 1. The molecular weight excluding hydrogens is 216 g/mol. The van der Waals surface area contributed by atoms with Gasteiger partial charge in [0, 0.05) is 12.7 Å². The van der Waals surface area contributed by atoms with E-state index in [4.69, 9.17) is 0 Å². The zero-order valence-corrected chi connectivity index (χ0v) is 10.1. The summed E-state index contributed by atoms with van der Waals surface area (Å²) < 4.78 is 0. The van der Waals surface area contributed by atoms with E-state index in [1.807, 2.05) is 0 Å². The van der Waals surface area contributed by atoms with E-state index < -0.39 is 0 Å². The summed E-state index contributed by atoms with van der Waals surface area (Å²) in [6, 6.07) is 1.43. The number of carbonyl (C=O) groups is 1. The van der Waals surface area contributed by atoms with Crippen LogP contribution in [-0.4, -0.2) is 22.5 Å². The van der Waals surface area contributed by atoms with E-state index >= 15 is 0 Å². The minimum Gasteiger partial charge on any atom is -0.506 e. The van der Waals surface area contributed by atoms with Crippen molar-refractivity contribution in [2.45, 2.75) is 32.6 Å². The maximum absolute atomic E-state index is 11.8. The van der Waals surface area contributed by atoms with Crippen LogP contribution in [0.25, 0.3) is 0 Å². The standard InChI is InChI=1S/C13H18N2O2/c1-2-13(4-3-5-13)9-15-12(17)10-6-11(16)8-14-7-10/h6-8,16H,2-5,9H2,1H3,(H,15,17). The number of nitrogens with zero attached hydrogens (tertiary/aromatic N) is 1. The van der Waals surface area contributed by atoms with Gasteiger partial charge in [-0.3, -0.25) is 9.78 Å². The van der Waals surface area contributed by atoms with E-state index in [0.29, 0.717) is 11.0 Å². The van der Waals surface area contributed by atoms with Gasteiger partial charge in [0.25, 0.3) is 5.91 Å². The van der Waals surface area contributed by atoms with E-state index in [-0.39, 0.29) is 11.7 Å². The van der Waals surface area contributed by atoms with Crippen LogP contribution in [-0.2, 0) is 0 Å².